The number of fused-ring (bicyclic) bond motifs is 1. The Morgan fingerprint density at radius 2 is 1.74 bits per heavy atom. The molecule has 5 rings (SSSR count). The molecule has 158 valence electrons. The molecule has 5 heteroatoms. The first-order valence-corrected chi connectivity index (χ1v) is 11.2. The van der Waals surface area contributed by atoms with E-state index < -0.39 is 0 Å². The van der Waals surface area contributed by atoms with E-state index in [-0.39, 0.29) is 6.04 Å². The highest BCUT2D eigenvalue weighted by Crippen LogP contribution is 2.29. The van der Waals surface area contributed by atoms with E-state index in [0.717, 1.165) is 29.1 Å². The fraction of sp³-hybridized carbons (Fsp3) is 0.308. The second-order valence-corrected chi connectivity index (χ2v) is 8.48. The molecule has 2 N–H and O–H groups in total. The molecule has 2 aromatic carbocycles. The lowest BCUT2D eigenvalue weighted by Crippen LogP contribution is -2.28. The smallest absolute Gasteiger partial charge is 0.143 e. The predicted octanol–water partition coefficient (Wildman–Crippen LogP) is 5.78. The van der Waals surface area contributed by atoms with Crippen LogP contribution in [-0.4, -0.2) is 32.9 Å². The summed E-state index contributed by atoms with van der Waals surface area (Å²) in [5, 5.41) is 4.56. The van der Waals surface area contributed by atoms with Crippen molar-refractivity contribution in [3.05, 3.63) is 78.1 Å². The number of rotatable bonds is 6. The normalized spacial score (nSPS) is 15.8. The fourth-order valence-corrected chi connectivity index (χ4v) is 4.41. The number of aromatic nitrogens is 3. The lowest BCUT2D eigenvalue weighted by atomic mass is 10.1. The molecular weight excluding hydrogens is 382 g/mol. The Hall–Kier alpha value is -3.18. The van der Waals surface area contributed by atoms with Crippen molar-refractivity contribution >= 4 is 16.9 Å². The van der Waals surface area contributed by atoms with Crippen LogP contribution in [0.4, 0.5) is 5.82 Å². The standard InChI is InChI=1S/C26H29N5/c1-19(21-8-4-2-5-9-21)29-25-23-16-24(30-26(23)28-18-27-25)22-12-10-20(11-13-22)17-31-14-6-3-7-15-31/h2,4-5,8-13,16,18-19H,3,6-7,14-15,17H2,1H3,(H2,27,28,29,30)/t19-/m1/s1. The molecule has 4 aromatic rings. The zero-order valence-electron chi connectivity index (χ0n) is 18.0. The van der Waals surface area contributed by atoms with Gasteiger partial charge in [-0.1, -0.05) is 61.0 Å². The van der Waals surface area contributed by atoms with Crippen LogP contribution >= 0.6 is 0 Å². The molecule has 1 atom stereocenters. The highest BCUT2D eigenvalue weighted by atomic mass is 15.1. The first kappa shape index (κ1) is 19.8. The van der Waals surface area contributed by atoms with Crippen molar-refractivity contribution in [3.63, 3.8) is 0 Å². The largest absolute Gasteiger partial charge is 0.363 e. The molecule has 0 bridgehead atoms. The molecule has 1 aliphatic heterocycles. The minimum atomic E-state index is 0.159. The van der Waals surface area contributed by atoms with E-state index in [2.05, 4.69) is 86.7 Å². The van der Waals surface area contributed by atoms with Crippen LogP contribution in [0.5, 0.6) is 0 Å². The molecule has 31 heavy (non-hydrogen) atoms. The summed E-state index contributed by atoms with van der Waals surface area (Å²) in [5.74, 6) is 0.852. The van der Waals surface area contributed by atoms with Gasteiger partial charge in [0.1, 0.15) is 17.8 Å². The molecule has 1 fully saturated rings. The van der Waals surface area contributed by atoms with Crippen molar-refractivity contribution in [2.75, 3.05) is 18.4 Å². The Morgan fingerprint density at radius 1 is 0.968 bits per heavy atom. The van der Waals surface area contributed by atoms with E-state index in [1.165, 1.54) is 49.0 Å². The number of nitrogens with zero attached hydrogens (tertiary/aromatic N) is 3. The number of hydrogen-bond acceptors (Lipinski definition) is 4. The van der Waals surface area contributed by atoms with Gasteiger partial charge in [-0.15, -0.1) is 0 Å². The zero-order chi connectivity index (χ0) is 21.0. The van der Waals surface area contributed by atoms with Gasteiger partial charge in [0.2, 0.25) is 0 Å². The highest BCUT2D eigenvalue weighted by molar-refractivity contribution is 5.91. The maximum Gasteiger partial charge on any atom is 0.143 e. The second kappa shape index (κ2) is 8.90. The molecule has 0 amide bonds. The molecular formula is C26H29N5. The highest BCUT2D eigenvalue weighted by Gasteiger charge is 2.13. The fourth-order valence-electron chi connectivity index (χ4n) is 4.41. The van der Waals surface area contributed by atoms with Crippen LogP contribution in [0.3, 0.4) is 0 Å². The van der Waals surface area contributed by atoms with E-state index in [9.17, 15) is 0 Å². The summed E-state index contributed by atoms with van der Waals surface area (Å²) in [5.41, 5.74) is 5.69. The van der Waals surface area contributed by atoms with Gasteiger partial charge < -0.3 is 10.3 Å². The maximum atomic E-state index is 4.51. The monoisotopic (exact) mass is 411 g/mol. The number of H-pyrrole nitrogens is 1. The van der Waals surface area contributed by atoms with Gasteiger partial charge in [0.15, 0.2) is 0 Å². The van der Waals surface area contributed by atoms with Gasteiger partial charge in [0, 0.05) is 18.3 Å². The summed E-state index contributed by atoms with van der Waals surface area (Å²) < 4.78 is 0. The number of aromatic amines is 1. The molecule has 1 saturated heterocycles. The van der Waals surface area contributed by atoms with Crippen molar-refractivity contribution in [1.29, 1.82) is 0 Å². The van der Waals surface area contributed by atoms with E-state index in [1.54, 1.807) is 6.33 Å². The number of nitrogens with one attached hydrogen (secondary N) is 2. The lowest BCUT2D eigenvalue weighted by molar-refractivity contribution is 0.221. The Bertz CT molecular complexity index is 1130. The molecule has 0 unspecified atom stereocenters. The third-order valence-corrected chi connectivity index (χ3v) is 6.20. The van der Waals surface area contributed by atoms with E-state index in [4.69, 9.17) is 0 Å². The van der Waals surface area contributed by atoms with Gasteiger partial charge in [-0.3, -0.25) is 4.90 Å². The third-order valence-electron chi connectivity index (χ3n) is 6.20. The van der Waals surface area contributed by atoms with Gasteiger partial charge >= 0.3 is 0 Å². The van der Waals surface area contributed by atoms with E-state index in [0.29, 0.717) is 0 Å². The second-order valence-electron chi connectivity index (χ2n) is 8.48. The number of benzene rings is 2. The Morgan fingerprint density at radius 3 is 2.52 bits per heavy atom. The topological polar surface area (TPSA) is 56.8 Å². The molecule has 0 radical (unpaired) electrons. The van der Waals surface area contributed by atoms with Crippen LogP contribution in [-0.2, 0) is 6.54 Å². The quantitative estimate of drug-likeness (QED) is 0.422. The molecule has 0 spiro atoms. The van der Waals surface area contributed by atoms with Gasteiger partial charge in [-0.25, -0.2) is 9.97 Å². The Labute approximate surface area is 183 Å². The number of likely N-dealkylation sites (tertiary alicyclic amines) is 1. The average molecular weight is 412 g/mol. The van der Waals surface area contributed by atoms with Crippen LogP contribution < -0.4 is 5.32 Å². The summed E-state index contributed by atoms with van der Waals surface area (Å²) in [6, 6.07) is 21.6. The van der Waals surface area contributed by atoms with Gasteiger partial charge in [0.25, 0.3) is 0 Å². The van der Waals surface area contributed by atoms with Crippen molar-refractivity contribution < 1.29 is 0 Å². The lowest BCUT2D eigenvalue weighted by Gasteiger charge is -2.26. The SMILES string of the molecule is C[C@@H](Nc1ncnc2[nH]c(-c3ccc(CN4CCCCC4)cc3)cc12)c1ccccc1. The molecule has 0 aliphatic carbocycles. The van der Waals surface area contributed by atoms with Crippen molar-refractivity contribution in [2.24, 2.45) is 0 Å². The molecule has 5 nitrogen and oxygen atoms in total. The number of anilines is 1. The van der Waals surface area contributed by atoms with Gasteiger partial charge in [-0.05, 0) is 55.6 Å². The minimum Gasteiger partial charge on any atom is -0.363 e. The van der Waals surface area contributed by atoms with Crippen molar-refractivity contribution in [1.82, 2.24) is 19.9 Å². The summed E-state index contributed by atoms with van der Waals surface area (Å²) in [4.78, 5) is 15.0. The van der Waals surface area contributed by atoms with Crippen LogP contribution in [0.1, 0.15) is 43.4 Å². The summed E-state index contributed by atoms with van der Waals surface area (Å²) >= 11 is 0. The molecule has 0 saturated carbocycles. The maximum absolute atomic E-state index is 4.51. The van der Waals surface area contributed by atoms with Crippen molar-refractivity contribution in [3.8, 4) is 11.3 Å². The molecule has 3 heterocycles. The minimum absolute atomic E-state index is 0.159. The van der Waals surface area contributed by atoms with Gasteiger partial charge in [-0.2, -0.15) is 0 Å². The Balaban J connectivity index is 1.35. The predicted molar refractivity (Wildman–Crippen MR) is 127 cm³/mol. The van der Waals surface area contributed by atoms with Crippen LogP contribution in [0.15, 0.2) is 67.0 Å². The van der Waals surface area contributed by atoms with Crippen LogP contribution in [0.25, 0.3) is 22.3 Å². The first-order valence-electron chi connectivity index (χ1n) is 11.2. The number of hydrogen-bond donors (Lipinski definition) is 2. The van der Waals surface area contributed by atoms with E-state index >= 15 is 0 Å². The molecule has 2 aromatic heterocycles. The summed E-state index contributed by atoms with van der Waals surface area (Å²) in [6.07, 6.45) is 5.64. The Kier molecular flexibility index (Phi) is 5.67. The molecule has 1 aliphatic rings. The van der Waals surface area contributed by atoms with Crippen LogP contribution in [0, 0.1) is 0 Å². The summed E-state index contributed by atoms with van der Waals surface area (Å²) in [6.45, 7) is 5.64. The third kappa shape index (κ3) is 4.47. The average Bonchev–Trinajstić information content (AvgIpc) is 3.26. The van der Waals surface area contributed by atoms with Gasteiger partial charge in [0.05, 0.1) is 5.39 Å². The zero-order valence-corrected chi connectivity index (χ0v) is 18.0. The first-order chi connectivity index (χ1) is 15.3. The number of piperidine rings is 1. The summed E-state index contributed by atoms with van der Waals surface area (Å²) in [7, 11) is 0. The van der Waals surface area contributed by atoms with Crippen molar-refractivity contribution in [2.45, 2.75) is 38.8 Å². The van der Waals surface area contributed by atoms with E-state index in [1.807, 2.05) is 6.07 Å². The van der Waals surface area contributed by atoms with Crippen LogP contribution in [0.2, 0.25) is 0 Å².